The van der Waals surface area contributed by atoms with E-state index in [0.29, 0.717) is 29.4 Å². The van der Waals surface area contributed by atoms with E-state index in [-0.39, 0.29) is 12.3 Å². The summed E-state index contributed by atoms with van der Waals surface area (Å²) in [6, 6.07) is 13.5. The van der Waals surface area contributed by atoms with E-state index in [1.165, 1.54) is 0 Å². The number of benzene rings is 2. The molecule has 0 fully saturated rings. The van der Waals surface area contributed by atoms with E-state index in [0.717, 1.165) is 39.9 Å². The highest BCUT2D eigenvalue weighted by molar-refractivity contribution is 6.30. The van der Waals surface area contributed by atoms with Crippen molar-refractivity contribution in [2.24, 2.45) is 0 Å². The maximum absolute atomic E-state index is 13.0. The third-order valence-corrected chi connectivity index (χ3v) is 5.64. The molecule has 7 heteroatoms. The molecule has 0 saturated carbocycles. The Kier molecular flexibility index (Phi) is 4.36. The average molecular weight is 407 g/mol. The minimum Gasteiger partial charge on any atom is -0.356 e. The van der Waals surface area contributed by atoms with E-state index in [9.17, 15) is 4.79 Å². The quantitative estimate of drug-likeness (QED) is 0.550. The maximum Gasteiger partial charge on any atom is 0.229 e. The smallest absolute Gasteiger partial charge is 0.229 e. The van der Waals surface area contributed by atoms with Crippen molar-refractivity contribution in [3.05, 3.63) is 70.0 Å². The van der Waals surface area contributed by atoms with Crippen molar-refractivity contribution in [2.45, 2.75) is 26.3 Å². The minimum atomic E-state index is 0.0330. The zero-order valence-corrected chi connectivity index (χ0v) is 16.7. The summed E-state index contributed by atoms with van der Waals surface area (Å²) in [7, 11) is 0. The van der Waals surface area contributed by atoms with Crippen molar-refractivity contribution >= 4 is 28.5 Å². The number of aromatic nitrogens is 3. The van der Waals surface area contributed by atoms with Crippen LogP contribution in [0, 0.1) is 6.92 Å². The lowest BCUT2D eigenvalue weighted by Crippen LogP contribution is -2.37. The molecule has 0 bridgehead atoms. The summed E-state index contributed by atoms with van der Waals surface area (Å²) >= 11 is 6.14. The second-order valence-corrected chi connectivity index (χ2v) is 7.85. The zero-order valence-electron chi connectivity index (χ0n) is 15.9. The van der Waals surface area contributed by atoms with Crippen molar-refractivity contribution in [1.29, 1.82) is 0 Å². The summed E-state index contributed by atoms with van der Waals surface area (Å²) in [4.78, 5) is 14.9. The number of aromatic amines is 1. The predicted octanol–water partition coefficient (Wildman–Crippen LogP) is 4.31. The Morgan fingerprint density at radius 1 is 1.28 bits per heavy atom. The van der Waals surface area contributed by atoms with E-state index >= 15 is 0 Å². The molecule has 0 saturated heterocycles. The Morgan fingerprint density at radius 3 is 3.03 bits per heavy atom. The average Bonchev–Trinajstić information content (AvgIpc) is 3.31. The van der Waals surface area contributed by atoms with E-state index in [1.807, 2.05) is 54.3 Å². The van der Waals surface area contributed by atoms with Crippen molar-refractivity contribution in [1.82, 2.24) is 20.3 Å². The summed E-state index contributed by atoms with van der Waals surface area (Å²) in [5, 5.41) is 13.3. The molecule has 0 atom stereocenters. The van der Waals surface area contributed by atoms with Crippen LogP contribution in [-0.4, -0.2) is 32.7 Å². The van der Waals surface area contributed by atoms with Crippen LogP contribution in [0.25, 0.3) is 22.2 Å². The number of hydrogen-bond donors (Lipinski definition) is 1. The van der Waals surface area contributed by atoms with Gasteiger partial charge in [-0.15, -0.1) is 0 Å². The maximum atomic E-state index is 13.0. The SMILES string of the molecule is Cc1ccc2onc(CC(=O)N3CCc4[nH]nc(-c5cccc(Cl)c5)c4C3)c2c1. The van der Waals surface area contributed by atoms with Gasteiger partial charge in [-0.3, -0.25) is 9.89 Å². The molecule has 146 valence electrons. The standard InChI is InChI=1S/C22H19ClN4O2/c1-13-5-6-20-16(9-13)19(26-29-20)11-21(28)27-8-7-18-17(12-27)22(25-24-18)14-3-2-4-15(23)10-14/h2-6,9-10H,7-8,11-12H2,1H3,(H,24,25). The van der Waals surface area contributed by atoms with E-state index in [1.54, 1.807) is 0 Å². The van der Waals surface area contributed by atoms with Crippen molar-refractivity contribution in [3.63, 3.8) is 0 Å². The third kappa shape index (κ3) is 3.29. The summed E-state index contributed by atoms with van der Waals surface area (Å²) in [5.41, 5.74) is 6.42. The second-order valence-electron chi connectivity index (χ2n) is 7.41. The fraction of sp³-hybridized carbons (Fsp3) is 0.227. The number of carbonyl (C=O) groups is 1. The largest absolute Gasteiger partial charge is 0.356 e. The van der Waals surface area contributed by atoms with Gasteiger partial charge in [-0.05, 0) is 31.2 Å². The fourth-order valence-corrected chi connectivity index (χ4v) is 4.06. The summed E-state index contributed by atoms with van der Waals surface area (Å²) in [6.45, 7) is 3.18. The van der Waals surface area contributed by atoms with Gasteiger partial charge in [0.1, 0.15) is 5.69 Å². The lowest BCUT2D eigenvalue weighted by Gasteiger charge is -2.27. The second kappa shape index (κ2) is 7.04. The number of nitrogens with one attached hydrogen (secondary N) is 1. The van der Waals surface area contributed by atoms with Gasteiger partial charge in [0.2, 0.25) is 5.91 Å². The number of H-pyrrole nitrogens is 1. The Balaban J connectivity index is 1.39. The van der Waals surface area contributed by atoms with Crippen LogP contribution in [-0.2, 0) is 24.2 Å². The van der Waals surface area contributed by atoms with E-state index in [4.69, 9.17) is 16.1 Å². The topological polar surface area (TPSA) is 75.0 Å². The Bertz CT molecular complexity index is 1230. The number of aryl methyl sites for hydroxylation is 1. The van der Waals surface area contributed by atoms with Gasteiger partial charge < -0.3 is 9.42 Å². The summed E-state index contributed by atoms with van der Waals surface area (Å²) in [5.74, 6) is 0.0330. The number of halogens is 1. The molecule has 29 heavy (non-hydrogen) atoms. The van der Waals surface area contributed by atoms with Gasteiger partial charge in [-0.2, -0.15) is 5.10 Å². The first kappa shape index (κ1) is 17.9. The first-order valence-electron chi connectivity index (χ1n) is 9.53. The Hall–Kier alpha value is -3.12. The van der Waals surface area contributed by atoms with E-state index in [2.05, 4.69) is 15.4 Å². The van der Waals surface area contributed by atoms with Gasteiger partial charge in [0.15, 0.2) is 5.58 Å². The molecule has 4 aromatic rings. The monoisotopic (exact) mass is 406 g/mol. The molecule has 2 aromatic heterocycles. The molecule has 0 unspecified atom stereocenters. The number of nitrogens with zero attached hydrogens (tertiary/aromatic N) is 3. The van der Waals surface area contributed by atoms with Crippen LogP contribution in [0.3, 0.4) is 0 Å². The minimum absolute atomic E-state index is 0.0330. The molecule has 6 nitrogen and oxygen atoms in total. The van der Waals surface area contributed by atoms with Crippen LogP contribution >= 0.6 is 11.6 Å². The summed E-state index contributed by atoms with van der Waals surface area (Å²) < 4.78 is 5.38. The lowest BCUT2D eigenvalue weighted by atomic mass is 10.0. The van der Waals surface area contributed by atoms with Crippen LogP contribution in [0.5, 0.6) is 0 Å². The zero-order chi connectivity index (χ0) is 20.0. The van der Waals surface area contributed by atoms with Crippen LogP contribution in [0.2, 0.25) is 5.02 Å². The first-order chi connectivity index (χ1) is 14.1. The fourth-order valence-electron chi connectivity index (χ4n) is 3.87. The molecule has 0 radical (unpaired) electrons. The highest BCUT2D eigenvalue weighted by Gasteiger charge is 2.26. The van der Waals surface area contributed by atoms with Crippen molar-refractivity contribution < 1.29 is 9.32 Å². The van der Waals surface area contributed by atoms with Gasteiger partial charge in [0.25, 0.3) is 0 Å². The number of amides is 1. The molecule has 3 heterocycles. The number of fused-ring (bicyclic) bond motifs is 2. The third-order valence-electron chi connectivity index (χ3n) is 5.40. The number of hydrogen-bond acceptors (Lipinski definition) is 4. The van der Waals surface area contributed by atoms with Crippen molar-refractivity contribution in [2.75, 3.05) is 6.54 Å². The van der Waals surface area contributed by atoms with Gasteiger partial charge in [0.05, 0.1) is 12.1 Å². The van der Waals surface area contributed by atoms with Gasteiger partial charge in [-0.1, -0.05) is 40.5 Å². The Morgan fingerprint density at radius 2 is 2.17 bits per heavy atom. The Labute approximate surface area is 172 Å². The first-order valence-corrected chi connectivity index (χ1v) is 9.91. The van der Waals surface area contributed by atoms with Crippen LogP contribution in [0.4, 0.5) is 0 Å². The molecule has 2 aromatic carbocycles. The van der Waals surface area contributed by atoms with Gasteiger partial charge >= 0.3 is 0 Å². The number of rotatable bonds is 3. The highest BCUT2D eigenvalue weighted by atomic mass is 35.5. The molecular weight excluding hydrogens is 388 g/mol. The number of carbonyl (C=O) groups excluding carboxylic acids is 1. The molecule has 5 rings (SSSR count). The molecule has 0 spiro atoms. The van der Waals surface area contributed by atoms with Crippen LogP contribution in [0.15, 0.2) is 47.0 Å². The normalized spacial score (nSPS) is 13.7. The highest BCUT2D eigenvalue weighted by Crippen LogP contribution is 2.30. The van der Waals surface area contributed by atoms with Crippen LogP contribution in [0.1, 0.15) is 22.5 Å². The van der Waals surface area contributed by atoms with Gasteiger partial charge in [0, 0.05) is 46.7 Å². The molecule has 1 N–H and O–H groups in total. The van der Waals surface area contributed by atoms with Crippen LogP contribution < -0.4 is 0 Å². The molecular formula is C22H19ClN4O2. The molecule has 1 aliphatic rings. The van der Waals surface area contributed by atoms with Crippen molar-refractivity contribution in [3.8, 4) is 11.3 Å². The predicted molar refractivity (Wildman–Crippen MR) is 111 cm³/mol. The molecule has 1 aliphatic heterocycles. The van der Waals surface area contributed by atoms with E-state index < -0.39 is 0 Å². The lowest BCUT2D eigenvalue weighted by molar-refractivity contribution is -0.131. The molecule has 1 amide bonds. The molecule has 0 aliphatic carbocycles. The van der Waals surface area contributed by atoms with Gasteiger partial charge in [-0.25, -0.2) is 0 Å². The summed E-state index contributed by atoms with van der Waals surface area (Å²) in [6.07, 6.45) is 0.962.